The Morgan fingerprint density at radius 3 is 2.43 bits per heavy atom. The third kappa shape index (κ3) is 1.27. The summed E-state index contributed by atoms with van der Waals surface area (Å²) in [4.78, 5) is 0. The van der Waals surface area contributed by atoms with Gasteiger partial charge in [0.25, 0.3) is 0 Å². The molecule has 1 aliphatic carbocycles. The molecule has 0 N–H and O–H groups in total. The second-order valence-corrected chi connectivity index (χ2v) is 3.66. The van der Waals surface area contributed by atoms with Gasteiger partial charge in [-0.05, 0) is 18.9 Å². The van der Waals surface area contributed by atoms with Gasteiger partial charge in [0.1, 0.15) is 5.75 Å². The van der Waals surface area contributed by atoms with Crippen molar-refractivity contribution in [1.82, 2.24) is 0 Å². The zero-order chi connectivity index (χ0) is 10.2. The first-order chi connectivity index (χ1) is 6.70. The zero-order valence-corrected chi connectivity index (χ0v) is 7.97. The van der Waals surface area contributed by atoms with Crippen LogP contribution in [0.4, 0.5) is 8.78 Å². The molecule has 0 aromatic heterocycles. The lowest BCUT2D eigenvalue weighted by Gasteiger charge is -2.17. The molecule has 1 aromatic rings. The van der Waals surface area contributed by atoms with Crippen LogP contribution in [0.25, 0.3) is 0 Å². The lowest BCUT2D eigenvalue weighted by Crippen LogP contribution is -2.18. The third-order valence-electron chi connectivity index (χ3n) is 2.85. The monoisotopic (exact) mass is 198 g/mol. The molecule has 0 spiro atoms. The van der Waals surface area contributed by atoms with Gasteiger partial charge in [-0.25, -0.2) is 8.78 Å². The summed E-state index contributed by atoms with van der Waals surface area (Å²) >= 11 is 0. The van der Waals surface area contributed by atoms with Gasteiger partial charge in [0.2, 0.25) is 6.43 Å². The van der Waals surface area contributed by atoms with Crippen LogP contribution >= 0.6 is 0 Å². The Kier molecular flexibility index (Phi) is 2.17. The molecule has 2 rings (SSSR count). The molecule has 14 heavy (non-hydrogen) atoms. The Labute approximate surface area is 81.7 Å². The molecular formula is C11H12F2O. The Morgan fingerprint density at radius 2 is 1.93 bits per heavy atom. The summed E-state index contributed by atoms with van der Waals surface area (Å²) in [5.41, 5.74) is -0.274. The highest BCUT2D eigenvalue weighted by Crippen LogP contribution is 2.55. The smallest absolute Gasteiger partial charge is 0.248 e. The fraction of sp³-hybridized carbons (Fsp3) is 0.455. The van der Waals surface area contributed by atoms with E-state index in [1.807, 2.05) is 0 Å². The minimum Gasteiger partial charge on any atom is -0.496 e. The second kappa shape index (κ2) is 3.23. The van der Waals surface area contributed by atoms with Gasteiger partial charge in [0.15, 0.2) is 0 Å². The lowest BCUT2D eigenvalue weighted by atomic mass is 9.95. The summed E-state index contributed by atoms with van der Waals surface area (Å²) in [6.45, 7) is 0. The van der Waals surface area contributed by atoms with Crippen molar-refractivity contribution < 1.29 is 13.5 Å². The summed E-state index contributed by atoms with van der Waals surface area (Å²) < 4.78 is 30.7. The number of alkyl halides is 2. The Hall–Kier alpha value is -1.12. The summed E-state index contributed by atoms with van der Waals surface area (Å²) in [5.74, 6) is 0.574. The van der Waals surface area contributed by atoms with Gasteiger partial charge in [-0.2, -0.15) is 0 Å². The molecule has 0 radical (unpaired) electrons. The number of rotatable bonds is 3. The van der Waals surface area contributed by atoms with Crippen molar-refractivity contribution in [3.05, 3.63) is 29.8 Å². The van der Waals surface area contributed by atoms with Gasteiger partial charge in [-0.15, -0.1) is 0 Å². The van der Waals surface area contributed by atoms with Crippen molar-refractivity contribution in [3.63, 3.8) is 0 Å². The van der Waals surface area contributed by atoms with Crippen LogP contribution < -0.4 is 4.74 Å². The molecule has 0 bridgehead atoms. The Morgan fingerprint density at radius 1 is 1.29 bits per heavy atom. The van der Waals surface area contributed by atoms with E-state index in [0.29, 0.717) is 24.2 Å². The molecule has 1 aliphatic rings. The minimum absolute atomic E-state index is 0.561. The highest BCUT2D eigenvalue weighted by molar-refractivity contribution is 5.43. The highest BCUT2D eigenvalue weighted by atomic mass is 19.3. The predicted octanol–water partition coefficient (Wildman–Crippen LogP) is 2.99. The Balaban J connectivity index is 2.41. The molecule has 0 amide bonds. The first-order valence-electron chi connectivity index (χ1n) is 4.62. The van der Waals surface area contributed by atoms with E-state index in [9.17, 15) is 8.78 Å². The normalized spacial score (nSPS) is 18.3. The van der Waals surface area contributed by atoms with Crippen molar-refractivity contribution >= 4 is 0 Å². The van der Waals surface area contributed by atoms with E-state index in [-0.39, 0.29) is 0 Å². The molecule has 3 heteroatoms. The van der Waals surface area contributed by atoms with Gasteiger partial charge in [0, 0.05) is 5.56 Å². The average molecular weight is 198 g/mol. The maximum atomic E-state index is 12.8. The number of hydrogen-bond acceptors (Lipinski definition) is 1. The van der Waals surface area contributed by atoms with Crippen molar-refractivity contribution in [2.45, 2.75) is 24.7 Å². The fourth-order valence-electron chi connectivity index (χ4n) is 1.80. The average Bonchev–Trinajstić information content (AvgIpc) is 2.98. The summed E-state index contributed by atoms with van der Waals surface area (Å²) in [7, 11) is 1.51. The molecule has 0 heterocycles. The molecule has 1 aromatic carbocycles. The number of para-hydroxylation sites is 1. The quantitative estimate of drug-likeness (QED) is 0.725. The van der Waals surface area contributed by atoms with Crippen LogP contribution in [0.2, 0.25) is 0 Å². The van der Waals surface area contributed by atoms with Gasteiger partial charge >= 0.3 is 0 Å². The number of ether oxygens (including phenoxy) is 1. The van der Waals surface area contributed by atoms with Crippen molar-refractivity contribution in [2.24, 2.45) is 0 Å². The van der Waals surface area contributed by atoms with Crippen molar-refractivity contribution in [1.29, 1.82) is 0 Å². The predicted molar refractivity (Wildman–Crippen MR) is 49.9 cm³/mol. The van der Waals surface area contributed by atoms with Crippen LogP contribution in [0.1, 0.15) is 18.4 Å². The van der Waals surface area contributed by atoms with Crippen LogP contribution in [0.3, 0.4) is 0 Å². The van der Waals surface area contributed by atoms with Crippen molar-refractivity contribution in [3.8, 4) is 5.75 Å². The molecule has 1 saturated carbocycles. The van der Waals surface area contributed by atoms with E-state index in [0.717, 1.165) is 0 Å². The molecule has 76 valence electrons. The van der Waals surface area contributed by atoms with E-state index >= 15 is 0 Å². The maximum absolute atomic E-state index is 12.8. The topological polar surface area (TPSA) is 9.23 Å². The minimum atomic E-state index is -2.29. The standard InChI is InChI=1S/C11H12F2O/c1-14-9-5-3-2-4-8(9)11(6-7-11)10(12)13/h2-5,10H,6-7H2,1H3. The zero-order valence-electron chi connectivity index (χ0n) is 7.97. The lowest BCUT2D eigenvalue weighted by molar-refractivity contribution is 0.100. The molecule has 0 saturated heterocycles. The molecule has 1 fully saturated rings. The number of halogens is 2. The van der Waals surface area contributed by atoms with E-state index in [1.165, 1.54) is 7.11 Å². The summed E-state index contributed by atoms with van der Waals surface area (Å²) in [6, 6.07) is 7.04. The molecule has 1 nitrogen and oxygen atoms in total. The van der Waals surface area contributed by atoms with Gasteiger partial charge in [0.05, 0.1) is 12.5 Å². The van der Waals surface area contributed by atoms with Gasteiger partial charge < -0.3 is 4.74 Å². The van der Waals surface area contributed by atoms with Crippen LogP contribution in [0.5, 0.6) is 5.75 Å². The van der Waals surface area contributed by atoms with Gasteiger partial charge in [-0.3, -0.25) is 0 Å². The maximum Gasteiger partial charge on any atom is 0.248 e. The van der Waals surface area contributed by atoms with Crippen LogP contribution in [0.15, 0.2) is 24.3 Å². The number of methoxy groups -OCH3 is 1. The van der Waals surface area contributed by atoms with E-state index in [4.69, 9.17) is 4.74 Å². The first-order valence-corrected chi connectivity index (χ1v) is 4.62. The number of hydrogen-bond donors (Lipinski definition) is 0. The summed E-state index contributed by atoms with van der Waals surface area (Å²) in [6.07, 6.45) is -1.17. The Bertz CT molecular complexity index is 332. The fourth-order valence-corrected chi connectivity index (χ4v) is 1.80. The van der Waals surface area contributed by atoms with E-state index in [2.05, 4.69) is 0 Å². The molecule has 0 aliphatic heterocycles. The first kappa shape index (κ1) is 9.44. The van der Waals surface area contributed by atoms with E-state index in [1.54, 1.807) is 24.3 Å². The SMILES string of the molecule is COc1ccccc1C1(C(F)F)CC1. The van der Waals surface area contributed by atoms with E-state index < -0.39 is 11.8 Å². The second-order valence-electron chi connectivity index (χ2n) is 3.66. The third-order valence-corrected chi connectivity index (χ3v) is 2.85. The highest BCUT2D eigenvalue weighted by Gasteiger charge is 2.53. The van der Waals surface area contributed by atoms with Crippen LogP contribution in [-0.2, 0) is 5.41 Å². The molecule has 0 unspecified atom stereocenters. The van der Waals surface area contributed by atoms with Gasteiger partial charge in [-0.1, -0.05) is 18.2 Å². The van der Waals surface area contributed by atoms with Crippen molar-refractivity contribution in [2.75, 3.05) is 7.11 Å². The van der Waals surface area contributed by atoms with Crippen LogP contribution in [0, 0.1) is 0 Å². The van der Waals surface area contributed by atoms with Crippen LogP contribution in [-0.4, -0.2) is 13.5 Å². The molecule has 0 atom stereocenters. The molecular weight excluding hydrogens is 186 g/mol. The largest absolute Gasteiger partial charge is 0.496 e. The summed E-state index contributed by atoms with van der Waals surface area (Å²) in [5, 5.41) is 0. The number of benzene rings is 1.